The SMILES string of the molecule is Cc1ccc(C23C[C@@H]4C[C@H](CC(C(=O)OCC(=O)c5cc(C)n(-c6ccc7c(c6)OCO7)c5C)(C4)C2)C3)cc1C. The molecule has 0 radical (unpaired) electrons. The number of fused-ring (bicyclic) bond motifs is 1. The Hall–Kier alpha value is -3.54. The van der Waals surface area contributed by atoms with Gasteiger partial charge >= 0.3 is 5.97 Å². The number of aromatic nitrogens is 1. The largest absolute Gasteiger partial charge is 0.457 e. The molecule has 5 aliphatic rings. The van der Waals surface area contributed by atoms with Gasteiger partial charge in [0.05, 0.1) is 5.41 Å². The number of carbonyl (C=O) groups excluding carboxylic acids is 2. The molecule has 0 amide bonds. The predicted octanol–water partition coefficient (Wildman–Crippen LogP) is 6.70. The van der Waals surface area contributed by atoms with Crippen molar-refractivity contribution < 1.29 is 23.8 Å². The molecule has 6 nitrogen and oxygen atoms in total. The highest BCUT2D eigenvalue weighted by Gasteiger charge is 2.61. The van der Waals surface area contributed by atoms with E-state index in [0.29, 0.717) is 23.1 Å². The Morgan fingerprint density at radius 3 is 2.40 bits per heavy atom. The Kier molecular flexibility index (Phi) is 5.71. The molecule has 2 heterocycles. The number of rotatable bonds is 6. The average molecular weight is 540 g/mol. The second kappa shape index (κ2) is 8.98. The second-order valence-corrected chi connectivity index (χ2v) is 13.0. The summed E-state index contributed by atoms with van der Waals surface area (Å²) < 4.78 is 18.9. The highest BCUT2D eigenvalue weighted by Crippen LogP contribution is 2.66. The third-order valence-electron chi connectivity index (χ3n) is 10.3. The predicted molar refractivity (Wildman–Crippen MR) is 151 cm³/mol. The van der Waals surface area contributed by atoms with Crippen molar-refractivity contribution in [3.05, 3.63) is 76.1 Å². The van der Waals surface area contributed by atoms with Crippen molar-refractivity contribution in [2.45, 2.75) is 71.6 Å². The Morgan fingerprint density at radius 2 is 1.65 bits per heavy atom. The van der Waals surface area contributed by atoms with E-state index in [2.05, 4.69) is 32.0 Å². The average Bonchev–Trinajstić information content (AvgIpc) is 3.50. The molecule has 2 aromatic carbocycles. The van der Waals surface area contributed by atoms with Crippen LogP contribution in [0.25, 0.3) is 5.69 Å². The first kappa shape index (κ1) is 25.4. The number of benzene rings is 2. The summed E-state index contributed by atoms with van der Waals surface area (Å²) in [5, 5.41) is 0. The molecule has 4 aliphatic carbocycles. The summed E-state index contributed by atoms with van der Waals surface area (Å²) >= 11 is 0. The van der Waals surface area contributed by atoms with E-state index in [4.69, 9.17) is 14.2 Å². The lowest BCUT2D eigenvalue weighted by Gasteiger charge is -2.61. The van der Waals surface area contributed by atoms with Crippen LogP contribution in [0.3, 0.4) is 0 Å². The fraction of sp³-hybridized carbons (Fsp3) is 0.471. The standard InChI is InChI=1S/C34H37NO5/c1-20-5-6-26(9-21(20)2)33-13-24-11-25(14-33)16-34(15-24,18-33)32(37)38-17-29(36)28-10-22(3)35(23(28)4)27-7-8-30-31(12-27)40-19-39-30/h5-10,12,24-25H,11,13-19H2,1-4H3/t24-,25-,33?,34?/m0/s1. The Labute approximate surface area is 235 Å². The van der Waals surface area contributed by atoms with Crippen molar-refractivity contribution in [2.75, 3.05) is 13.4 Å². The molecule has 0 saturated heterocycles. The lowest BCUT2D eigenvalue weighted by atomic mass is 9.43. The van der Waals surface area contributed by atoms with Gasteiger partial charge < -0.3 is 18.8 Å². The molecule has 1 aromatic heterocycles. The Bertz CT molecular complexity index is 1530. The smallest absolute Gasteiger partial charge is 0.312 e. The van der Waals surface area contributed by atoms with Gasteiger partial charge in [0.1, 0.15) is 0 Å². The van der Waals surface area contributed by atoms with E-state index in [9.17, 15) is 9.59 Å². The zero-order chi connectivity index (χ0) is 27.8. The van der Waals surface area contributed by atoms with E-state index >= 15 is 0 Å². The van der Waals surface area contributed by atoms with Crippen LogP contribution in [0, 0.1) is 44.9 Å². The van der Waals surface area contributed by atoms with Crippen molar-refractivity contribution in [3.8, 4) is 17.2 Å². The number of ether oxygens (including phenoxy) is 3. The summed E-state index contributed by atoms with van der Waals surface area (Å²) in [6, 6.07) is 14.5. The van der Waals surface area contributed by atoms with Gasteiger partial charge in [-0.25, -0.2) is 0 Å². The van der Waals surface area contributed by atoms with Crippen molar-refractivity contribution in [1.29, 1.82) is 0 Å². The van der Waals surface area contributed by atoms with Crippen LogP contribution >= 0.6 is 0 Å². The molecule has 2 atom stereocenters. The van der Waals surface area contributed by atoms with Crippen LogP contribution in [0.2, 0.25) is 0 Å². The number of Topliss-reactive ketones (excluding diaryl/α,β-unsaturated/α-hetero) is 1. The lowest BCUT2D eigenvalue weighted by molar-refractivity contribution is -0.172. The molecule has 4 fully saturated rings. The molecular weight excluding hydrogens is 502 g/mol. The first-order valence-corrected chi connectivity index (χ1v) is 14.5. The fourth-order valence-electron chi connectivity index (χ4n) is 8.74. The molecule has 4 saturated carbocycles. The summed E-state index contributed by atoms with van der Waals surface area (Å²) in [5.41, 5.74) is 6.80. The number of ketones is 1. The normalized spacial score (nSPS) is 27.7. The van der Waals surface area contributed by atoms with Gasteiger partial charge in [0.25, 0.3) is 0 Å². The maximum Gasteiger partial charge on any atom is 0.312 e. The number of hydrogen-bond acceptors (Lipinski definition) is 5. The van der Waals surface area contributed by atoms with Crippen molar-refractivity contribution in [3.63, 3.8) is 0 Å². The minimum Gasteiger partial charge on any atom is -0.457 e. The third-order valence-corrected chi connectivity index (χ3v) is 10.3. The van der Waals surface area contributed by atoms with Gasteiger partial charge in [-0.05, 0) is 118 Å². The van der Waals surface area contributed by atoms with Crippen LogP contribution in [0.1, 0.15) is 77.0 Å². The van der Waals surface area contributed by atoms with Gasteiger partial charge in [0.15, 0.2) is 18.1 Å². The van der Waals surface area contributed by atoms with Crippen molar-refractivity contribution >= 4 is 11.8 Å². The van der Waals surface area contributed by atoms with Gasteiger partial charge in [0.2, 0.25) is 12.6 Å². The van der Waals surface area contributed by atoms with E-state index < -0.39 is 5.41 Å². The van der Waals surface area contributed by atoms with Crippen LogP contribution in [-0.4, -0.2) is 29.7 Å². The number of esters is 1. The molecule has 8 rings (SSSR count). The van der Waals surface area contributed by atoms with Gasteiger partial charge in [-0.15, -0.1) is 0 Å². The van der Waals surface area contributed by atoms with Crippen LogP contribution in [0.4, 0.5) is 0 Å². The number of hydrogen-bond donors (Lipinski definition) is 0. The highest BCUT2D eigenvalue weighted by molar-refractivity contribution is 5.99. The van der Waals surface area contributed by atoms with E-state index in [-0.39, 0.29) is 30.6 Å². The minimum absolute atomic E-state index is 0.0428. The number of nitrogens with zero attached hydrogens (tertiary/aromatic N) is 1. The molecule has 0 N–H and O–H groups in total. The topological polar surface area (TPSA) is 66.8 Å². The summed E-state index contributed by atoms with van der Waals surface area (Å²) in [6.45, 7) is 8.23. The summed E-state index contributed by atoms with van der Waals surface area (Å²) in [6.07, 6.45) is 6.15. The highest BCUT2D eigenvalue weighted by atomic mass is 16.7. The first-order chi connectivity index (χ1) is 19.2. The van der Waals surface area contributed by atoms with Crippen LogP contribution in [-0.2, 0) is 14.9 Å². The number of carbonyl (C=O) groups is 2. The molecule has 1 aliphatic heterocycles. The summed E-state index contributed by atoms with van der Waals surface area (Å²) in [7, 11) is 0. The van der Waals surface area contributed by atoms with E-state index in [0.717, 1.165) is 54.9 Å². The monoisotopic (exact) mass is 539 g/mol. The zero-order valence-electron chi connectivity index (χ0n) is 23.8. The minimum atomic E-state index is -0.480. The van der Waals surface area contributed by atoms with E-state index in [1.807, 2.05) is 42.7 Å². The second-order valence-electron chi connectivity index (χ2n) is 13.0. The first-order valence-electron chi connectivity index (χ1n) is 14.5. The quantitative estimate of drug-likeness (QED) is 0.257. The van der Waals surface area contributed by atoms with Crippen LogP contribution in [0.15, 0.2) is 42.5 Å². The van der Waals surface area contributed by atoms with E-state index in [1.54, 1.807) is 0 Å². The Morgan fingerprint density at radius 1 is 0.900 bits per heavy atom. The fourth-order valence-corrected chi connectivity index (χ4v) is 8.74. The lowest BCUT2D eigenvalue weighted by Crippen LogP contribution is -2.57. The molecule has 6 heteroatoms. The van der Waals surface area contributed by atoms with Crippen LogP contribution in [0.5, 0.6) is 11.5 Å². The Balaban J connectivity index is 1.10. The molecule has 0 unspecified atom stereocenters. The zero-order valence-corrected chi connectivity index (χ0v) is 23.8. The van der Waals surface area contributed by atoms with Crippen molar-refractivity contribution in [1.82, 2.24) is 4.57 Å². The maximum atomic E-state index is 13.8. The van der Waals surface area contributed by atoms with Crippen LogP contribution < -0.4 is 9.47 Å². The maximum absolute atomic E-state index is 13.8. The molecule has 40 heavy (non-hydrogen) atoms. The molecule has 4 bridgehead atoms. The van der Waals surface area contributed by atoms with Gasteiger partial charge in [-0.1, -0.05) is 18.2 Å². The van der Waals surface area contributed by atoms with Gasteiger partial charge in [0, 0.05) is 28.7 Å². The van der Waals surface area contributed by atoms with Gasteiger partial charge in [-0.3, -0.25) is 9.59 Å². The molecular formula is C34H37NO5. The molecule has 0 spiro atoms. The van der Waals surface area contributed by atoms with Crippen molar-refractivity contribution in [2.24, 2.45) is 17.3 Å². The van der Waals surface area contributed by atoms with E-state index in [1.165, 1.54) is 23.1 Å². The summed E-state index contributed by atoms with van der Waals surface area (Å²) in [5.74, 6) is 2.17. The van der Waals surface area contributed by atoms with Gasteiger partial charge in [-0.2, -0.15) is 0 Å². The summed E-state index contributed by atoms with van der Waals surface area (Å²) in [4.78, 5) is 27.2. The number of aryl methyl sites for hydroxylation is 3. The third kappa shape index (κ3) is 3.90. The molecule has 3 aromatic rings. The molecule has 208 valence electrons.